The first-order valence-corrected chi connectivity index (χ1v) is 7.62. The summed E-state index contributed by atoms with van der Waals surface area (Å²) in [7, 11) is 0. The average Bonchev–Trinajstić information content (AvgIpc) is 2.57. The van der Waals surface area contributed by atoms with Crippen LogP contribution in [0.3, 0.4) is 0 Å². The van der Waals surface area contributed by atoms with Gasteiger partial charge in [-0.15, -0.1) is 0 Å². The zero-order chi connectivity index (χ0) is 14.3. The Kier molecular flexibility index (Phi) is 4.74. The van der Waals surface area contributed by atoms with Gasteiger partial charge in [-0.1, -0.05) is 42.5 Å². The summed E-state index contributed by atoms with van der Waals surface area (Å²) in [6.45, 7) is 3.29. The Morgan fingerprint density at radius 2 is 2.10 bits per heavy atom. The third-order valence-corrected chi connectivity index (χ3v) is 4.00. The summed E-state index contributed by atoms with van der Waals surface area (Å²) in [4.78, 5) is 10.9. The number of benzene rings is 1. The van der Waals surface area contributed by atoms with Crippen molar-refractivity contribution in [2.75, 3.05) is 19.6 Å². The number of nitrogens with zero attached hydrogens (tertiary/aromatic N) is 3. The fourth-order valence-electron chi connectivity index (χ4n) is 2.91. The van der Waals surface area contributed by atoms with Crippen molar-refractivity contribution in [3.63, 3.8) is 0 Å². The number of piperidine rings is 1. The van der Waals surface area contributed by atoms with Gasteiger partial charge in [-0.3, -0.25) is 4.90 Å². The van der Waals surface area contributed by atoms with Crippen molar-refractivity contribution in [3.05, 3.63) is 66.3 Å². The van der Waals surface area contributed by atoms with Crippen LogP contribution in [0.1, 0.15) is 30.0 Å². The molecule has 0 bridgehead atoms. The SMILES string of the molecule is C(=C\c1ccccc1)/CN1CCC[C@@H](c2ccncn2)C1. The maximum atomic E-state index is 4.41. The first-order valence-electron chi connectivity index (χ1n) is 7.62. The third kappa shape index (κ3) is 3.99. The largest absolute Gasteiger partial charge is 0.299 e. The molecular weight excluding hydrogens is 258 g/mol. The lowest BCUT2D eigenvalue weighted by Gasteiger charge is -2.31. The quantitative estimate of drug-likeness (QED) is 0.859. The van der Waals surface area contributed by atoms with Gasteiger partial charge in [0.25, 0.3) is 0 Å². The molecule has 1 aliphatic heterocycles. The molecule has 108 valence electrons. The highest BCUT2D eigenvalue weighted by Gasteiger charge is 2.21. The summed E-state index contributed by atoms with van der Waals surface area (Å²) in [6, 6.07) is 12.5. The number of hydrogen-bond donors (Lipinski definition) is 0. The second-order valence-corrected chi connectivity index (χ2v) is 5.55. The molecule has 3 heteroatoms. The second kappa shape index (κ2) is 7.14. The lowest BCUT2D eigenvalue weighted by molar-refractivity contribution is 0.226. The van der Waals surface area contributed by atoms with Crippen molar-refractivity contribution in [2.45, 2.75) is 18.8 Å². The maximum absolute atomic E-state index is 4.41. The van der Waals surface area contributed by atoms with Crippen LogP contribution in [0.15, 0.2) is 55.0 Å². The number of rotatable bonds is 4. The van der Waals surface area contributed by atoms with E-state index in [0.717, 1.165) is 13.1 Å². The summed E-state index contributed by atoms with van der Waals surface area (Å²) >= 11 is 0. The van der Waals surface area contributed by atoms with Crippen LogP contribution in [0.25, 0.3) is 6.08 Å². The fourth-order valence-corrected chi connectivity index (χ4v) is 2.91. The van der Waals surface area contributed by atoms with E-state index in [9.17, 15) is 0 Å². The lowest BCUT2D eigenvalue weighted by atomic mass is 9.94. The van der Waals surface area contributed by atoms with Crippen LogP contribution in [0.4, 0.5) is 0 Å². The second-order valence-electron chi connectivity index (χ2n) is 5.55. The van der Waals surface area contributed by atoms with E-state index >= 15 is 0 Å². The molecule has 1 atom stereocenters. The van der Waals surface area contributed by atoms with E-state index in [2.05, 4.69) is 51.3 Å². The standard InChI is InChI=1S/C18H21N3/c1-2-6-16(7-3-1)8-4-12-21-13-5-9-17(14-21)18-10-11-19-15-20-18/h1-4,6-8,10-11,15,17H,5,9,12-14H2/b8-4+/t17-/m1/s1. The molecule has 0 saturated carbocycles. The summed E-state index contributed by atoms with van der Waals surface area (Å²) in [6.07, 6.45) is 10.4. The summed E-state index contributed by atoms with van der Waals surface area (Å²) in [5.74, 6) is 0.548. The van der Waals surface area contributed by atoms with Gasteiger partial charge in [-0.25, -0.2) is 9.97 Å². The predicted molar refractivity (Wildman–Crippen MR) is 85.9 cm³/mol. The van der Waals surface area contributed by atoms with Crippen molar-refractivity contribution in [3.8, 4) is 0 Å². The van der Waals surface area contributed by atoms with E-state index in [4.69, 9.17) is 0 Å². The first kappa shape index (κ1) is 14.0. The molecule has 1 aliphatic rings. The molecule has 1 saturated heterocycles. The van der Waals surface area contributed by atoms with E-state index in [0.29, 0.717) is 5.92 Å². The van der Waals surface area contributed by atoms with Crippen LogP contribution in [0.2, 0.25) is 0 Å². The molecule has 0 unspecified atom stereocenters. The molecule has 0 radical (unpaired) electrons. The zero-order valence-corrected chi connectivity index (χ0v) is 12.2. The molecule has 1 aromatic carbocycles. The Morgan fingerprint density at radius 1 is 1.19 bits per heavy atom. The highest BCUT2D eigenvalue weighted by molar-refractivity contribution is 5.48. The van der Waals surface area contributed by atoms with Crippen LogP contribution in [-0.4, -0.2) is 34.5 Å². The van der Waals surface area contributed by atoms with Crippen molar-refractivity contribution in [2.24, 2.45) is 0 Å². The maximum Gasteiger partial charge on any atom is 0.115 e. The van der Waals surface area contributed by atoms with Crippen molar-refractivity contribution < 1.29 is 0 Å². The first-order chi connectivity index (χ1) is 10.4. The molecule has 1 fully saturated rings. The molecule has 21 heavy (non-hydrogen) atoms. The fraction of sp³-hybridized carbons (Fsp3) is 0.333. The van der Waals surface area contributed by atoms with Crippen molar-refractivity contribution in [1.29, 1.82) is 0 Å². The predicted octanol–water partition coefficient (Wildman–Crippen LogP) is 3.37. The third-order valence-electron chi connectivity index (χ3n) is 4.00. The van der Waals surface area contributed by atoms with Gasteiger partial charge < -0.3 is 0 Å². The van der Waals surface area contributed by atoms with Crippen LogP contribution in [0, 0.1) is 0 Å². The van der Waals surface area contributed by atoms with Crippen LogP contribution in [-0.2, 0) is 0 Å². The van der Waals surface area contributed by atoms with Crippen LogP contribution in [0.5, 0.6) is 0 Å². The molecule has 0 amide bonds. The van der Waals surface area contributed by atoms with Crippen molar-refractivity contribution in [1.82, 2.24) is 14.9 Å². The Balaban J connectivity index is 1.56. The van der Waals surface area contributed by atoms with Crippen molar-refractivity contribution >= 4 is 6.08 Å². The van der Waals surface area contributed by atoms with E-state index < -0.39 is 0 Å². The summed E-state index contributed by atoms with van der Waals surface area (Å²) < 4.78 is 0. The van der Waals surface area contributed by atoms with Gasteiger partial charge >= 0.3 is 0 Å². The Morgan fingerprint density at radius 3 is 2.90 bits per heavy atom. The zero-order valence-electron chi connectivity index (χ0n) is 12.2. The molecule has 0 N–H and O–H groups in total. The lowest BCUT2D eigenvalue weighted by Crippen LogP contribution is -2.34. The summed E-state index contributed by atoms with van der Waals surface area (Å²) in [5, 5.41) is 0. The van der Waals surface area contributed by atoms with E-state index in [-0.39, 0.29) is 0 Å². The summed E-state index contributed by atoms with van der Waals surface area (Å²) in [5.41, 5.74) is 2.45. The normalized spacial score (nSPS) is 19.9. The van der Waals surface area contributed by atoms with Gasteiger partial charge in [0.15, 0.2) is 0 Å². The molecule has 3 rings (SSSR count). The van der Waals surface area contributed by atoms with Gasteiger partial charge in [-0.2, -0.15) is 0 Å². The number of likely N-dealkylation sites (tertiary alicyclic amines) is 1. The Bertz CT molecular complexity index is 566. The molecular formula is C18H21N3. The van der Waals surface area contributed by atoms with E-state index in [1.807, 2.05) is 18.3 Å². The monoisotopic (exact) mass is 279 g/mol. The smallest absolute Gasteiger partial charge is 0.115 e. The van der Waals surface area contributed by atoms with Crippen LogP contribution < -0.4 is 0 Å². The molecule has 2 heterocycles. The van der Waals surface area contributed by atoms with Gasteiger partial charge in [-0.05, 0) is 31.0 Å². The minimum Gasteiger partial charge on any atom is -0.299 e. The number of aromatic nitrogens is 2. The van der Waals surface area contributed by atoms with Gasteiger partial charge in [0.1, 0.15) is 6.33 Å². The Labute approximate surface area is 126 Å². The van der Waals surface area contributed by atoms with Gasteiger partial charge in [0.2, 0.25) is 0 Å². The highest BCUT2D eigenvalue weighted by atomic mass is 15.1. The van der Waals surface area contributed by atoms with E-state index in [1.54, 1.807) is 6.33 Å². The van der Waals surface area contributed by atoms with Gasteiger partial charge in [0, 0.05) is 30.9 Å². The average molecular weight is 279 g/mol. The molecule has 1 aromatic heterocycles. The minimum atomic E-state index is 0.548. The topological polar surface area (TPSA) is 29.0 Å². The number of hydrogen-bond acceptors (Lipinski definition) is 3. The van der Waals surface area contributed by atoms with Crippen LogP contribution >= 0.6 is 0 Å². The van der Waals surface area contributed by atoms with E-state index in [1.165, 1.54) is 30.6 Å². The van der Waals surface area contributed by atoms with Gasteiger partial charge in [0.05, 0.1) is 0 Å². The minimum absolute atomic E-state index is 0.548. The molecule has 0 spiro atoms. The Hall–Kier alpha value is -2.00. The molecule has 2 aromatic rings. The molecule has 3 nitrogen and oxygen atoms in total. The molecule has 0 aliphatic carbocycles. The highest BCUT2D eigenvalue weighted by Crippen LogP contribution is 2.24.